The minimum Gasteiger partial charge on any atom is -0.378 e. The van der Waals surface area contributed by atoms with Crippen LogP contribution in [0.3, 0.4) is 0 Å². The molecule has 1 N–H and O–H groups in total. The van der Waals surface area contributed by atoms with E-state index in [9.17, 15) is 0 Å². The lowest BCUT2D eigenvalue weighted by atomic mass is 9.81. The summed E-state index contributed by atoms with van der Waals surface area (Å²) in [5, 5.41) is 3.70. The van der Waals surface area contributed by atoms with Crippen LogP contribution in [0.1, 0.15) is 29.7 Å². The second-order valence-corrected chi connectivity index (χ2v) is 5.36. The van der Waals surface area contributed by atoms with Crippen molar-refractivity contribution in [1.29, 1.82) is 0 Å². The second-order valence-electron chi connectivity index (χ2n) is 5.36. The summed E-state index contributed by atoms with van der Waals surface area (Å²) in [5.41, 5.74) is 3.90. The first kappa shape index (κ1) is 11.1. The van der Waals surface area contributed by atoms with E-state index < -0.39 is 0 Å². The summed E-state index contributed by atoms with van der Waals surface area (Å²) in [6, 6.07) is 19.6. The molecule has 2 heteroatoms. The minimum atomic E-state index is 0.252. The first-order chi connectivity index (χ1) is 9.43. The average Bonchev–Trinajstić information content (AvgIpc) is 2.97. The fraction of sp³-hybridized carbons (Fsp3) is 0.294. The van der Waals surface area contributed by atoms with E-state index in [0.717, 1.165) is 13.0 Å². The van der Waals surface area contributed by atoms with Gasteiger partial charge in [-0.3, -0.25) is 0 Å². The van der Waals surface area contributed by atoms with Crippen molar-refractivity contribution in [3.8, 4) is 0 Å². The highest BCUT2D eigenvalue weighted by Crippen LogP contribution is 2.49. The topological polar surface area (TPSA) is 21.3 Å². The van der Waals surface area contributed by atoms with Crippen LogP contribution >= 0.6 is 0 Å². The van der Waals surface area contributed by atoms with E-state index >= 15 is 0 Å². The minimum absolute atomic E-state index is 0.252. The molecule has 1 fully saturated rings. The molecule has 2 aliphatic rings. The van der Waals surface area contributed by atoms with Gasteiger partial charge >= 0.3 is 0 Å². The Kier molecular flexibility index (Phi) is 2.56. The molecule has 0 unspecified atom stereocenters. The number of benzene rings is 2. The predicted octanol–water partition coefficient (Wildman–Crippen LogP) is 3.93. The van der Waals surface area contributed by atoms with Gasteiger partial charge in [-0.25, -0.2) is 0 Å². The quantitative estimate of drug-likeness (QED) is 0.829. The molecular weight excluding hydrogens is 234 g/mol. The molecular formula is C17H17NO. The molecule has 2 nitrogen and oxygen atoms in total. The molecule has 2 heterocycles. The normalized spacial score (nSPS) is 28.3. The van der Waals surface area contributed by atoms with Crippen molar-refractivity contribution in [3.63, 3.8) is 0 Å². The highest BCUT2D eigenvalue weighted by Gasteiger charge is 2.41. The monoisotopic (exact) mass is 251 g/mol. The van der Waals surface area contributed by atoms with Gasteiger partial charge in [0, 0.05) is 23.8 Å². The summed E-state index contributed by atoms with van der Waals surface area (Å²) in [6.07, 6.45) is 1.38. The van der Waals surface area contributed by atoms with Crippen LogP contribution in [-0.4, -0.2) is 6.61 Å². The lowest BCUT2D eigenvalue weighted by Crippen LogP contribution is -2.29. The van der Waals surface area contributed by atoms with Crippen molar-refractivity contribution in [2.24, 2.45) is 5.92 Å². The Balaban J connectivity index is 1.79. The van der Waals surface area contributed by atoms with Gasteiger partial charge in [-0.05, 0) is 18.1 Å². The summed E-state index contributed by atoms with van der Waals surface area (Å²) >= 11 is 0. The number of nitrogens with one attached hydrogen (secondary N) is 1. The number of anilines is 1. The Morgan fingerprint density at radius 1 is 0.947 bits per heavy atom. The molecule has 4 rings (SSSR count). The SMILES string of the molecule is c1ccc([C@@H]2Nc3ccccc3[C@H]3OCC[C@H]32)cc1. The predicted molar refractivity (Wildman–Crippen MR) is 76.0 cm³/mol. The van der Waals surface area contributed by atoms with Crippen LogP contribution in [0.5, 0.6) is 0 Å². The van der Waals surface area contributed by atoms with Gasteiger partial charge < -0.3 is 10.1 Å². The van der Waals surface area contributed by atoms with Gasteiger partial charge in [-0.2, -0.15) is 0 Å². The van der Waals surface area contributed by atoms with Crippen LogP contribution in [0.4, 0.5) is 5.69 Å². The van der Waals surface area contributed by atoms with Gasteiger partial charge in [0.1, 0.15) is 0 Å². The summed E-state index contributed by atoms with van der Waals surface area (Å²) in [4.78, 5) is 0. The number of ether oxygens (including phenoxy) is 1. The molecule has 3 atom stereocenters. The van der Waals surface area contributed by atoms with Crippen molar-refractivity contribution in [1.82, 2.24) is 0 Å². The maximum Gasteiger partial charge on any atom is 0.0896 e. The van der Waals surface area contributed by atoms with E-state index in [0.29, 0.717) is 12.0 Å². The van der Waals surface area contributed by atoms with Crippen molar-refractivity contribution < 1.29 is 4.74 Å². The number of para-hydroxylation sites is 1. The van der Waals surface area contributed by atoms with Crippen LogP contribution < -0.4 is 5.32 Å². The van der Waals surface area contributed by atoms with E-state index in [1.54, 1.807) is 0 Å². The Hall–Kier alpha value is -1.80. The number of rotatable bonds is 1. The molecule has 0 bridgehead atoms. The fourth-order valence-electron chi connectivity index (χ4n) is 3.41. The van der Waals surface area contributed by atoms with Crippen LogP contribution in [0.15, 0.2) is 54.6 Å². The maximum absolute atomic E-state index is 6.00. The van der Waals surface area contributed by atoms with Gasteiger partial charge in [0.05, 0.1) is 12.1 Å². The lowest BCUT2D eigenvalue weighted by Gasteiger charge is -2.36. The zero-order valence-electron chi connectivity index (χ0n) is 10.8. The van der Waals surface area contributed by atoms with Gasteiger partial charge in [0.25, 0.3) is 0 Å². The molecule has 0 aromatic heterocycles. The third-order valence-corrected chi connectivity index (χ3v) is 4.30. The zero-order chi connectivity index (χ0) is 12.7. The third kappa shape index (κ3) is 1.75. The molecule has 2 aromatic carbocycles. The van der Waals surface area contributed by atoms with Crippen LogP contribution in [0.25, 0.3) is 0 Å². The largest absolute Gasteiger partial charge is 0.378 e. The molecule has 2 aliphatic heterocycles. The second kappa shape index (κ2) is 4.39. The van der Waals surface area contributed by atoms with Crippen LogP contribution in [0.2, 0.25) is 0 Å². The average molecular weight is 251 g/mol. The molecule has 0 aliphatic carbocycles. The third-order valence-electron chi connectivity index (χ3n) is 4.30. The molecule has 0 amide bonds. The number of hydrogen-bond acceptors (Lipinski definition) is 2. The van der Waals surface area contributed by atoms with Gasteiger partial charge in [-0.15, -0.1) is 0 Å². The molecule has 0 saturated carbocycles. The fourth-order valence-corrected chi connectivity index (χ4v) is 3.41. The standard InChI is InChI=1S/C17H17NO/c1-2-6-12(7-3-1)16-14-10-11-19-17(14)13-8-4-5-9-15(13)18-16/h1-9,14,16-18H,10-11H2/t14-,16-,17+/m0/s1. The van der Waals surface area contributed by atoms with E-state index in [4.69, 9.17) is 4.74 Å². The van der Waals surface area contributed by atoms with Crippen LogP contribution in [-0.2, 0) is 4.74 Å². The smallest absolute Gasteiger partial charge is 0.0896 e. The first-order valence-corrected chi connectivity index (χ1v) is 6.95. The van der Waals surface area contributed by atoms with E-state index in [1.165, 1.54) is 16.8 Å². The molecule has 19 heavy (non-hydrogen) atoms. The lowest BCUT2D eigenvalue weighted by molar-refractivity contribution is 0.0829. The Morgan fingerprint density at radius 2 is 1.74 bits per heavy atom. The van der Waals surface area contributed by atoms with E-state index in [1.807, 2.05) is 0 Å². The molecule has 96 valence electrons. The molecule has 0 spiro atoms. The Morgan fingerprint density at radius 3 is 2.63 bits per heavy atom. The molecule has 2 aromatic rings. The summed E-state index contributed by atoms with van der Waals surface area (Å²) in [5.74, 6) is 0.539. The maximum atomic E-state index is 6.00. The van der Waals surface area contributed by atoms with Crippen molar-refractivity contribution in [2.45, 2.75) is 18.6 Å². The number of hydrogen-bond donors (Lipinski definition) is 1. The van der Waals surface area contributed by atoms with Gasteiger partial charge in [0.15, 0.2) is 0 Å². The summed E-state index contributed by atoms with van der Waals surface area (Å²) in [6.45, 7) is 0.870. The summed E-state index contributed by atoms with van der Waals surface area (Å²) < 4.78 is 6.00. The first-order valence-electron chi connectivity index (χ1n) is 6.95. The number of fused-ring (bicyclic) bond motifs is 3. The van der Waals surface area contributed by atoms with Gasteiger partial charge in [-0.1, -0.05) is 48.5 Å². The Bertz CT molecular complexity index is 581. The summed E-state index contributed by atoms with van der Waals surface area (Å²) in [7, 11) is 0. The molecule has 0 radical (unpaired) electrons. The Labute approximate surface area is 113 Å². The van der Waals surface area contributed by atoms with Crippen molar-refractivity contribution >= 4 is 5.69 Å². The van der Waals surface area contributed by atoms with E-state index in [-0.39, 0.29) is 6.10 Å². The molecule has 1 saturated heterocycles. The zero-order valence-corrected chi connectivity index (χ0v) is 10.8. The highest BCUT2D eigenvalue weighted by molar-refractivity contribution is 5.57. The highest BCUT2D eigenvalue weighted by atomic mass is 16.5. The van der Waals surface area contributed by atoms with Crippen molar-refractivity contribution in [2.75, 3.05) is 11.9 Å². The van der Waals surface area contributed by atoms with Gasteiger partial charge in [0.2, 0.25) is 0 Å². The van der Waals surface area contributed by atoms with E-state index in [2.05, 4.69) is 59.9 Å². The van der Waals surface area contributed by atoms with Crippen molar-refractivity contribution in [3.05, 3.63) is 65.7 Å². The van der Waals surface area contributed by atoms with Crippen LogP contribution in [0, 0.1) is 5.92 Å².